The normalized spacial score (nSPS) is 24.6. The lowest BCUT2D eigenvalue weighted by Gasteiger charge is -2.48. The van der Waals surface area contributed by atoms with Crippen LogP contribution in [0.3, 0.4) is 0 Å². The van der Waals surface area contributed by atoms with Crippen molar-refractivity contribution in [3.63, 3.8) is 0 Å². The van der Waals surface area contributed by atoms with E-state index in [1.54, 1.807) is 13.2 Å². The van der Waals surface area contributed by atoms with Crippen LogP contribution >= 0.6 is 15.9 Å². The highest BCUT2D eigenvalue weighted by Crippen LogP contribution is 2.43. The van der Waals surface area contributed by atoms with Gasteiger partial charge in [0.05, 0.1) is 17.8 Å². The van der Waals surface area contributed by atoms with E-state index in [0.717, 1.165) is 62.5 Å². The monoisotopic (exact) mass is 729 g/mol. The smallest absolute Gasteiger partial charge is 0.282 e. The maximum absolute atomic E-state index is 12.4. The molecular formula is C38H48BrN7O3. The molecule has 4 aliphatic heterocycles. The molecule has 2 N–H and O–H groups in total. The molecule has 2 aromatic carbocycles. The average molecular weight is 731 g/mol. The molecule has 260 valence electrons. The predicted octanol–water partition coefficient (Wildman–Crippen LogP) is 5.16. The topological polar surface area (TPSA) is 103 Å². The number of hydrogen-bond donors (Lipinski definition) is 2. The molecule has 1 aromatic heterocycles. The van der Waals surface area contributed by atoms with E-state index in [0.29, 0.717) is 28.6 Å². The number of amides is 2. The molecule has 4 fully saturated rings. The first-order valence-corrected chi connectivity index (χ1v) is 18.6. The number of halogens is 1. The summed E-state index contributed by atoms with van der Waals surface area (Å²) in [6, 6.07) is 16.0. The van der Waals surface area contributed by atoms with Gasteiger partial charge in [-0.2, -0.15) is 5.10 Å². The number of aromatic nitrogens is 2. The highest BCUT2D eigenvalue weighted by atomic mass is 79.9. The van der Waals surface area contributed by atoms with Gasteiger partial charge in [0.15, 0.2) is 0 Å². The van der Waals surface area contributed by atoms with Gasteiger partial charge in [-0.25, -0.2) is 4.68 Å². The van der Waals surface area contributed by atoms with Crippen LogP contribution in [0.2, 0.25) is 0 Å². The summed E-state index contributed by atoms with van der Waals surface area (Å²) in [5, 5.41) is 10.3. The van der Waals surface area contributed by atoms with Crippen molar-refractivity contribution in [2.45, 2.75) is 69.7 Å². The number of benzene rings is 2. The lowest BCUT2D eigenvalue weighted by atomic mass is 9.71. The Balaban J connectivity index is 0.917. The molecule has 2 amide bonds. The second-order valence-corrected chi connectivity index (χ2v) is 15.7. The Bertz CT molecular complexity index is 1760. The number of rotatable bonds is 6. The zero-order valence-corrected chi connectivity index (χ0v) is 30.5. The van der Waals surface area contributed by atoms with E-state index in [9.17, 15) is 14.4 Å². The van der Waals surface area contributed by atoms with Crippen LogP contribution in [0, 0.1) is 12.3 Å². The Morgan fingerprint density at radius 1 is 0.898 bits per heavy atom. The highest BCUT2D eigenvalue weighted by Gasteiger charge is 2.38. The van der Waals surface area contributed by atoms with Crippen molar-refractivity contribution in [2.24, 2.45) is 12.5 Å². The summed E-state index contributed by atoms with van der Waals surface area (Å²) in [6.45, 7) is 8.33. The van der Waals surface area contributed by atoms with Crippen LogP contribution in [0.4, 0.5) is 17.1 Å². The van der Waals surface area contributed by atoms with Gasteiger partial charge in [-0.05, 0) is 121 Å². The summed E-state index contributed by atoms with van der Waals surface area (Å²) in [5.41, 5.74) is 7.12. The fraction of sp³-hybridized carbons (Fsp3) is 0.526. The molecular weight excluding hydrogens is 682 g/mol. The summed E-state index contributed by atoms with van der Waals surface area (Å²) in [7, 11) is 3.83. The molecule has 3 atom stereocenters. The number of imide groups is 1. The molecule has 1 unspecified atom stereocenters. The first kappa shape index (κ1) is 33.8. The molecule has 1 spiro atoms. The Kier molecular flexibility index (Phi) is 9.58. The Labute approximate surface area is 297 Å². The highest BCUT2D eigenvalue weighted by molar-refractivity contribution is 9.10. The molecule has 4 saturated heterocycles. The lowest BCUT2D eigenvalue weighted by molar-refractivity contribution is -0.134. The standard InChI is InChI=1S/C38H48BrN7O3/c1-25-20-30(8-9-31(25)32-10-11-34(47)42-36(32)48)46-18-14-38(15-19-46)12-16-45(17-13-38)29-6-4-26(5-7-29)27-21-28(24-43(2)23-27)41-33-22-40-44(3)37(49)35(33)39/h4-9,20,22,27-28,32,41H,10-19,21,23-24H2,1-3H3,(H,42,47,48)/t27-,28+,32?/m0/s1. The van der Waals surface area contributed by atoms with Gasteiger partial charge in [-0.15, -0.1) is 0 Å². The van der Waals surface area contributed by atoms with E-state index < -0.39 is 0 Å². The van der Waals surface area contributed by atoms with Crippen LogP contribution in [0.25, 0.3) is 0 Å². The quantitative estimate of drug-likeness (QED) is 0.336. The number of carbonyl (C=O) groups excluding carboxylic acids is 2. The lowest BCUT2D eigenvalue weighted by Crippen LogP contribution is -2.47. The maximum atomic E-state index is 12.4. The molecule has 0 aliphatic carbocycles. The zero-order valence-electron chi connectivity index (χ0n) is 28.9. The first-order valence-electron chi connectivity index (χ1n) is 17.8. The van der Waals surface area contributed by atoms with Crippen LogP contribution in [0.15, 0.2) is 57.9 Å². The van der Waals surface area contributed by atoms with Crippen molar-refractivity contribution < 1.29 is 9.59 Å². The van der Waals surface area contributed by atoms with Crippen molar-refractivity contribution in [3.05, 3.63) is 80.2 Å². The summed E-state index contributed by atoms with van der Waals surface area (Å²) in [6.07, 6.45) is 8.59. The second-order valence-electron chi connectivity index (χ2n) is 14.9. The number of hydrogen-bond acceptors (Lipinski definition) is 8. The van der Waals surface area contributed by atoms with E-state index in [1.165, 1.54) is 47.3 Å². The van der Waals surface area contributed by atoms with Crippen LogP contribution in [0.5, 0.6) is 0 Å². The molecule has 11 heteroatoms. The van der Waals surface area contributed by atoms with Gasteiger partial charge in [0, 0.05) is 70.2 Å². The third-order valence-electron chi connectivity index (χ3n) is 11.7. The molecule has 4 aliphatic rings. The predicted molar refractivity (Wildman–Crippen MR) is 198 cm³/mol. The Morgan fingerprint density at radius 2 is 1.55 bits per heavy atom. The SMILES string of the molecule is Cc1cc(N2CCC3(CCN(c4ccc([C@H]5C[C@@H](Nc6cnn(C)c(=O)c6Br)CN(C)C5)cc4)CC3)CC2)ccc1C1CCC(=O)NC1=O. The minimum Gasteiger partial charge on any atom is -0.379 e. The van der Waals surface area contributed by atoms with Crippen LogP contribution in [-0.4, -0.2) is 78.9 Å². The van der Waals surface area contributed by atoms with Crippen molar-refractivity contribution in [2.75, 3.05) is 61.4 Å². The zero-order chi connectivity index (χ0) is 34.3. The summed E-state index contributed by atoms with van der Waals surface area (Å²) in [4.78, 5) is 43.9. The van der Waals surface area contributed by atoms with Gasteiger partial charge in [0.25, 0.3) is 5.56 Å². The van der Waals surface area contributed by atoms with Gasteiger partial charge < -0.3 is 20.0 Å². The third kappa shape index (κ3) is 7.15. The molecule has 0 saturated carbocycles. The largest absolute Gasteiger partial charge is 0.379 e. The number of likely N-dealkylation sites (N-methyl/N-ethyl adjacent to an activating group) is 1. The van der Waals surface area contributed by atoms with Gasteiger partial charge in [0.1, 0.15) is 4.47 Å². The van der Waals surface area contributed by atoms with E-state index >= 15 is 0 Å². The minimum absolute atomic E-state index is 0.138. The van der Waals surface area contributed by atoms with Gasteiger partial charge >= 0.3 is 0 Å². The fourth-order valence-corrected chi connectivity index (χ4v) is 9.14. The molecule has 49 heavy (non-hydrogen) atoms. The number of nitrogens with one attached hydrogen (secondary N) is 2. The summed E-state index contributed by atoms with van der Waals surface area (Å²) < 4.78 is 1.87. The van der Waals surface area contributed by atoms with E-state index in [1.807, 2.05) is 0 Å². The number of aryl methyl sites for hydroxylation is 2. The van der Waals surface area contributed by atoms with Gasteiger partial charge in [-0.1, -0.05) is 18.2 Å². The number of anilines is 3. The number of carbonyl (C=O) groups is 2. The van der Waals surface area contributed by atoms with Crippen LogP contribution in [-0.2, 0) is 16.6 Å². The van der Waals surface area contributed by atoms with Crippen LogP contribution < -0.4 is 26.0 Å². The number of piperidine rings is 4. The average Bonchev–Trinajstić information content (AvgIpc) is 3.09. The second kappa shape index (κ2) is 13.9. The van der Waals surface area contributed by atoms with Gasteiger partial charge in [-0.3, -0.25) is 19.7 Å². The van der Waals surface area contributed by atoms with Crippen molar-refractivity contribution in [1.82, 2.24) is 20.0 Å². The summed E-state index contributed by atoms with van der Waals surface area (Å²) >= 11 is 3.46. The van der Waals surface area contributed by atoms with Crippen molar-refractivity contribution in [1.29, 1.82) is 0 Å². The summed E-state index contributed by atoms with van der Waals surface area (Å²) in [5.74, 6) is -0.157. The molecule has 3 aromatic rings. The van der Waals surface area contributed by atoms with Crippen LogP contribution in [0.1, 0.15) is 73.5 Å². The van der Waals surface area contributed by atoms with E-state index in [2.05, 4.69) is 103 Å². The minimum atomic E-state index is -0.235. The first-order chi connectivity index (χ1) is 23.6. The van der Waals surface area contributed by atoms with Crippen molar-refractivity contribution in [3.8, 4) is 0 Å². The van der Waals surface area contributed by atoms with E-state index in [-0.39, 0.29) is 29.3 Å². The van der Waals surface area contributed by atoms with Gasteiger partial charge in [0.2, 0.25) is 11.8 Å². The molecule has 0 radical (unpaired) electrons. The number of nitrogens with zero attached hydrogens (tertiary/aromatic N) is 5. The maximum Gasteiger partial charge on any atom is 0.282 e. The Morgan fingerprint density at radius 3 is 2.20 bits per heavy atom. The van der Waals surface area contributed by atoms with Crippen molar-refractivity contribution >= 4 is 44.8 Å². The third-order valence-corrected chi connectivity index (χ3v) is 12.4. The molecule has 0 bridgehead atoms. The Hall–Kier alpha value is -3.70. The molecule has 5 heterocycles. The molecule has 10 nitrogen and oxygen atoms in total. The van der Waals surface area contributed by atoms with E-state index in [4.69, 9.17) is 0 Å². The number of likely N-dealkylation sites (tertiary alicyclic amines) is 1. The molecule has 7 rings (SSSR count). The fourth-order valence-electron chi connectivity index (χ4n) is 8.67.